The van der Waals surface area contributed by atoms with Crippen LogP contribution in [0.15, 0.2) is 24.3 Å². The molecule has 0 aliphatic carbocycles. The molecule has 0 aromatic heterocycles. The molecule has 0 bridgehead atoms. The number of amides is 3. The van der Waals surface area contributed by atoms with E-state index in [1.54, 1.807) is 18.8 Å². The monoisotopic (exact) mass is 351 g/mol. The first-order valence-electron chi connectivity index (χ1n) is 8.10. The third-order valence-electron chi connectivity index (χ3n) is 3.15. The van der Waals surface area contributed by atoms with Crippen LogP contribution in [0, 0.1) is 6.92 Å². The number of carbonyl (C=O) groups excluding carboxylic acids is 2. The van der Waals surface area contributed by atoms with Crippen molar-refractivity contribution < 1.29 is 9.59 Å². The van der Waals surface area contributed by atoms with Gasteiger partial charge >= 0.3 is 6.03 Å². The van der Waals surface area contributed by atoms with Crippen molar-refractivity contribution in [2.45, 2.75) is 39.0 Å². The SMILES string of the molecule is Cc1ccc(CSCCNC(=O)N(C)CC(=O)NC(C)(C)C)cc1. The lowest BCUT2D eigenvalue weighted by Gasteiger charge is -2.23. The van der Waals surface area contributed by atoms with E-state index in [1.807, 2.05) is 20.8 Å². The van der Waals surface area contributed by atoms with E-state index in [1.165, 1.54) is 16.0 Å². The van der Waals surface area contributed by atoms with E-state index in [9.17, 15) is 9.59 Å². The maximum Gasteiger partial charge on any atom is 0.317 e. The molecule has 24 heavy (non-hydrogen) atoms. The lowest BCUT2D eigenvalue weighted by Crippen LogP contribution is -2.48. The summed E-state index contributed by atoms with van der Waals surface area (Å²) in [4.78, 5) is 25.1. The minimum absolute atomic E-state index is 0.0552. The first-order chi connectivity index (χ1) is 11.2. The van der Waals surface area contributed by atoms with Crippen LogP contribution in [0.4, 0.5) is 4.79 Å². The van der Waals surface area contributed by atoms with Crippen LogP contribution in [0.25, 0.3) is 0 Å². The van der Waals surface area contributed by atoms with Crippen molar-refractivity contribution in [3.05, 3.63) is 35.4 Å². The summed E-state index contributed by atoms with van der Waals surface area (Å²) < 4.78 is 0. The number of hydrogen-bond donors (Lipinski definition) is 2. The molecule has 5 nitrogen and oxygen atoms in total. The summed E-state index contributed by atoms with van der Waals surface area (Å²) in [6, 6.07) is 8.24. The highest BCUT2D eigenvalue weighted by Gasteiger charge is 2.17. The van der Waals surface area contributed by atoms with Gasteiger partial charge in [0.2, 0.25) is 5.91 Å². The number of likely N-dealkylation sites (N-methyl/N-ethyl adjacent to an activating group) is 1. The van der Waals surface area contributed by atoms with E-state index in [0.717, 1.165) is 11.5 Å². The van der Waals surface area contributed by atoms with Crippen LogP contribution < -0.4 is 10.6 Å². The van der Waals surface area contributed by atoms with Gasteiger partial charge in [-0.25, -0.2) is 4.79 Å². The van der Waals surface area contributed by atoms with E-state index < -0.39 is 0 Å². The van der Waals surface area contributed by atoms with Crippen LogP contribution in [0.5, 0.6) is 0 Å². The molecule has 1 aromatic rings. The molecule has 0 aliphatic heterocycles. The van der Waals surface area contributed by atoms with E-state index in [4.69, 9.17) is 0 Å². The minimum atomic E-state index is -0.291. The predicted molar refractivity (Wildman–Crippen MR) is 101 cm³/mol. The highest BCUT2D eigenvalue weighted by Crippen LogP contribution is 2.12. The van der Waals surface area contributed by atoms with Crippen LogP contribution in [0.2, 0.25) is 0 Å². The molecule has 1 aromatic carbocycles. The number of hydrogen-bond acceptors (Lipinski definition) is 3. The quantitative estimate of drug-likeness (QED) is 0.743. The second-order valence-electron chi connectivity index (χ2n) is 6.92. The summed E-state index contributed by atoms with van der Waals surface area (Å²) in [5, 5.41) is 5.67. The molecule has 0 aliphatic rings. The molecule has 2 N–H and O–H groups in total. The number of rotatable bonds is 7. The average Bonchev–Trinajstić information content (AvgIpc) is 2.46. The van der Waals surface area contributed by atoms with Crippen molar-refractivity contribution in [2.75, 3.05) is 25.9 Å². The zero-order valence-corrected chi connectivity index (χ0v) is 16.1. The van der Waals surface area contributed by atoms with Crippen molar-refractivity contribution in [1.29, 1.82) is 0 Å². The van der Waals surface area contributed by atoms with Gasteiger partial charge < -0.3 is 15.5 Å². The fourth-order valence-corrected chi connectivity index (χ4v) is 2.80. The van der Waals surface area contributed by atoms with Gasteiger partial charge in [0, 0.05) is 30.6 Å². The Morgan fingerprint density at radius 2 is 1.79 bits per heavy atom. The molecule has 0 fully saturated rings. The predicted octanol–water partition coefficient (Wildman–Crippen LogP) is 2.78. The Bertz CT molecular complexity index is 538. The topological polar surface area (TPSA) is 61.4 Å². The highest BCUT2D eigenvalue weighted by atomic mass is 32.2. The molecule has 6 heteroatoms. The van der Waals surface area contributed by atoms with E-state index in [-0.39, 0.29) is 24.0 Å². The standard InChI is InChI=1S/C18H29N3O2S/c1-14-6-8-15(9-7-14)13-24-11-10-19-17(23)21(5)12-16(22)20-18(2,3)4/h6-9H,10-13H2,1-5H3,(H,19,23)(H,20,22). The average molecular weight is 352 g/mol. The van der Waals surface area contributed by atoms with Gasteiger partial charge in [-0.05, 0) is 33.3 Å². The summed E-state index contributed by atoms with van der Waals surface area (Å²) in [7, 11) is 1.62. The summed E-state index contributed by atoms with van der Waals surface area (Å²) in [5.74, 6) is 1.61. The Morgan fingerprint density at radius 1 is 1.17 bits per heavy atom. The first kappa shape index (κ1) is 20.4. The first-order valence-corrected chi connectivity index (χ1v) is 9.26. The third-order valence-corrected chi connectivity index (χ3v) is 4.18. The molecule has 0 radical (unpaired) electrons. The lowest BCUT2D eigenvalue weighted by molar-refractivity contribution is -0.122. The molecular formula is C18H29N3O2S. The van der Waals surface area contributed by atoms with Gasteiger partial charge in [-0.1, -0.05) is 29.8 Å². The van der Waals surface area contributed by atoms with Crippen molar-refractivity contribution >= 4 is 23.7 Å². The van der Waals surface area contributed by atoms with Gasteiger partial charge in [-0.2, -0.15) is 11.8 Å². The summed E-state index contributed by atoms with van der Waals surface area (Å²) in [6.45, 7) is 8.45. The van der Waals surface area contributed by atoms with Crippen LogP contribution in [0.1, 0.15) is 31.9 Å². The molecular weight excluding hydrogens is 322 g/mol. The zero-order chi connectivity index (χ0) is 18.2. The normalized spacial score (nSPS) is 11.0. The van der Waals surface area contributed by atoms with Crippen LogP contribution in [-0.2, 0) is 10.5 Å². The van der Waals surface area contributed by atoms with Crippen molar-refractivity contribution in [2.24, 2.45) is 0 Å². The Morgan fingerprint density at radius 3 is 2.38 bits per heavy atom. The molecule has 0 spiro atoms. The van der Waals surface area contributed by atoms with Gasteiger partial charge in [0.25, 0.3) is 0 Å². The Balaban J connectivity index is 2.18. The Hall–Kier alpha value is -1.69. The molecule has 134 valence electrons. The number of benzene rings is 1. The van der Waals surface area contributed by atoms with Crippen LogP contribution >= 0.6 is 11.8 Å². The zero-order valence-electron chi connectivity index (χ0n) is 15.3. The number of nitrogens with zero attached hydrogens (tertiary/aromatic N) is 1. The molecule has 0 saturated carbocycles. The summed E-state index contributed by atoms with van der Waals surface area (Å²) >= 11 is 1.78. The molecule has 0 unspecified atom stereocenters. The smallest absolute Gasteiger partial charge is 0.317 e. The minimum Gasteiger partial charge on any atom is -0.350 e. The third kappa shape index (κ3) is 8.82. The lowest BCUT2D eigenvalue weighted by atomic mass is 10.1. The Kier molecular flexibility index (Phi) is 8.11. The number of carbonyl (C=O) groups is 2. The fourth-order valence-electron chi connectivity index (χ4n) is 1.98. The van der Waals surface area contributed by atoms with E-state index >= 15 is 0 Å². The number of aryl methyl sites for hydroxylation is 1. The van der Waals surface area contributed by atoms with E-state index in [2.05, 4.69) is 41.8 Å². The van der Waals surface area contributed by atoms with Gasteiger partial charge in [-0.3, -0.25) is 4.79 Å². The largest absolute Gasteiger partial charge is 0.350 e. The number of thioether (sulfide) groups is 1. The van der Waals surface area contributed by atoms with Crippen molar-refractivity contribution in [3.63, 3.8) is 0 Å². The fraction of sp³-hybridized carbons (Fsp3) is 0.556. The highest BCUT2D eigenvalue weighted by molar-refractivity contribution is 7.98. The van der Waals surface area contributed by atoms with Gasteiger partial charge in [0.05, 0.1) is 0 Å². The molecule has 0 heterocycles. The van der Waals surface area contributed by atoms with Gasteiger partial charge in [0.15, 0.2) is 0 Å². The molecule has 0 saturated heterocycles. The second kappa shape index (κ2) is 9.57. The van der Waals surface area contributed by atoms with Crippen molar-refractivity contribution in [3.8, 4) is 0 Å². The number of urea groups is 1. The maximum absolute atomic E-state index is 11.9. The Labute approximate surface area is 149 Å². The van der Waals surface area contributed by atoms with Gasteiger partial charge in [0.1, 0.15) is 6.54 Å². The van der Waals surface area contributed by atoms with Crippen LogP contribution in [0.3, 0.4) is 0 Å². The summed E-state index contributed by atoms with van der Waals surface area (Å²) in [6.07, 6.45) is 0. The van der Waals surface area contributed by atoms with Gasteiger partial charge in [-0.15, -0.1) is 0 Å². The van der Waals surface area contributed by atoms with E-state index in [0.29, 0.717) is 6.54 Å². The number of nitrogens with one attached hydrogen (secondary N) is 2. The maximum atomic E-state index is 11.9. The second-order valence-corrected chi connectivity index (χ2v) is 8.03. The molecule has 3 amide bonds. The van der Waals surface area contributed by atoms with Crippen LogP contribution in [-0.4, -0.2) is 48.3 Å². The summed E-state index contributed by atoms with van der Waals surface area (Å²) in [5.41, 5.74) is 2.25. The van der Waals surface area contributed by atoms with Crippen molar-refractivity contribution in [1.82, 2.24) is 15.5 Å². The molecule has 1 rings (SSSR count). The molecule has 0 atom stereocenters.